The number of furan rings is 1. The molecule has 0 bridgehead atoms. The highest BCUT2D eigenvalue weighted by Gasteiger charge is 2.19. The van der Waals surface area contributed by atoms with Gasteiger partial charge in [0.25, 0.3) is 0 Å². The van der Waals surface area contributed by atoms with Gasteiger partial charge in [-0.2, -0.15) is 0 Å². The lowest BCUT2D eigenvalue weighted by Gasteiger charge is -2.12. The Balaban J connectivity index is 1.96. The summed E-state index contributed by atoms with van der Waals surface area (Å²) in [6.07, 6.45) is 1.59. The lowest BCUT2D eigenvalue weighted by atomic mass is 10.3. The van der Waals surface area contributed by atoms with Crippen LogP contribution in [0.15, 0.2) is 52.2 Å². The van der Waals surface area contributed by atoms with Gasteiger partial charge in [0.05, 0.1) is 24.3 Å². The highest BCUT2D eigenvalue weighted by molar-refractivity contribution is 7.99. The second-order valence-corrected chi connectivity index (χ2v) is 6.57. The summed E-state index contributed by atoms with van der Waals surface area (Å²) in [5, 5.41) is 9.13. The first-order valence-corrected chi connectivity index (χ1v) is 9.14. The van der Waals surface area contributed by atoms with Crippen molar-refractivity contribution in [2.45, 2.75) is 12.1 Å². The maximum Gasteiger partial charge on any atom is 0.232 e. The van der Waals surface area contributed by atoms with Gasteiger partial charge in [-0.3, -0.25) is 9.36 Å². The molecule has 8 heteroatoms. The molecule has 3 aromatic rings. The van der Waals surface area contributed by atoms with Gasteiger partial charge >= 0.3 is 0 Å². The molecular formula is C18H20N4O3S. The van der Waals surface area contributed by atoms with E-state index in [0.29, 0.717) is 23.3 Å². The molecule has 0 spiro atoms. The van der Waals surface area contributed by atoms with Crippen LogP contribution < -0.4 is 4.74 Å². The van der Waals surface area contributed by atoms with Gasteiger partial charge in [-0.1, -0.05) is 11.8 Å². The topological polar surface area (TPSA) is 73.4 Å². The third-order valence-corrected chi connectivity index (χ3v) is 4.52. The van der Waals surface area contributed by atoms with Crippen molar-refractivity contribution in [1.29, 1.82) is 0 Å². The molecule has 26 heavy (non-hydrogen) atoms. The Morgan fingerprint density at radius 2 is 2.00 bits per heavy atom. The van der Waals surface area contributed by atoms with Crippen LogP contribution in [0, 0.1) is 0 Å². The van der Waals surface area contributed by atoms with E-state index in [0.717, 1.165) is 11.4 Å². The molecule has 0 fully saturated rings. The van der Waals surface area contributed by atoms with E-state index in [4.69, 9.17) is 9.15 Å². The van der Waals surface area contributed by atoms with E-state index in [9.17, 15) is 4.79 Å². The number of carbonyl (C=O) groups is 1. The first kappa shape index (κ1) is 18.1. The molecule has 7 nitrogen and oxygen atoms in total. The van der Waals surface area contributed by atoms with Gasteiger partial charge < -0.3 is 14.1 Å². The summed E-state index contributed by atoms with van der Waals surface area (Å²) in [5.74, 6) is 2.27. The number of carbonyl (C=O) groups excluding carboxylic acids is 1. The van der Waals surface area contributed by atoms with Crippen molar-refractivity contribution in [3.05, 3.63) is 42.7 Å². The molecule has 0 radical (unpaired) electrons. The van der Waals surface area contributed by atoms with Crippen LogP contribution in [0.3, 0.4) is 0 Å². The Morgan fingerprint density at radius 3 is 2.62 bits per heavy atom. The van der Waals surface area contributed by atoms with Gasteiger partial charge in [-0.25, -0.2) is 0 Å². The number of aromatic nitrogens is 3. The fourth-order valence-electron chi connectivity index (χ4n) is 2.28. The number of thioether (sulfide) groups is 1. The third-order valence-electron chi connectivity index (χ3n) is 3.60. The van der Waals surface area contributed by atoms with Crippen molar-refractivity contribution < 1.29 is 13.9 Å². The van der Waals surface area contributed by atoms with Crippen LogP contribution in [0.1, 0.15) is 6.92 Å². The van der Waals surface area contributed by atoms with E-state index in [2.05, 4.69) is 10.2 Å². The van der Waals surface area contributed by atoms with E-state index in [-0.39, 0.29) is 11.7 Å². The van der Waals surface area contributed by atoms with Crippen LogP contribution in [-0.2, 0) is 4.79 Å². The van der Waals surface area contributed by atoms with E-state index in [1.54, 1.807) is 31.3 Å². The smallest absolute Gasteiger partial charge is 0.232 e. The second-order valence-electron chi connectivity index (χ2n) is 5.62. The number of benzene rings is 1. The number of amides is 1. The van der Waals surface area contributed by atoms with Crippen LogP contribution in [0.5, 0.6) is 5.75 Å². The van der Waals surface area contributed by atoms with Crippen LogP contribution in [0.4, 0.5) is 0 Å². The van der Waals surface area contributed by atoms with Gasteiger partial charge in [0, 0.05) is 14.1 Å². The standard InChI is InChI=1S/C18H20N4O3S/c1-4-24-14-9-7-13(8-10-14)22-17(15-6-5-11-25-15)19-20-18(22)26-12-16(23)21(2)3/h5-11H,4,12H2,1-3H3. The molecule has 0 aliphatic heterocycles. The maximum absolute atomic E-state index is 11.9. The van der Waals surface area contributed by atoms with Crippen LogP contribution >= 0.6 is 11.8 Å². The highest BCUT2D eigenvalue weighted by atomic mass is 32.2. The molecule has 2 heterocycles. The summed E-state index contributed by atoms with van der Waals surface area (Å²) in [4.78, 5) is 13.5. The predicted molar refractivity (Wildman–Crippen MR) is 99.6 cm³/mol. The summed E-state index contributed by atoms with van der Waals surface area (Å²) in [6.45, 7) is 2.55. The molecule has 0 saturated heterocycles. The normalized spacial score (nSPS) is 10.7. The van der Waals surface area contributed by atoms with Crippen molar-refractivity contribution in [3.8, 4) is 23.0 Å². The zero-order chi connectivity index (χ0) is 18.5. The molecule has 0 unspecified atom stereocenters. The van der Waals surface area contributed by atoms with Gasteiger partial charge in [-0.15, -0.1) is 10.2 Å². The summed E-state index contributed by atoms with van der Waals surface area (Å²) in [6, 6.07) is 11.3. The summed E-state index contributed by atoms with van der Waals surface area (Å²) in [7, 11) is 3.46. The van der Waals surface area contributed by atoms with Crippen molar-refractivity contribution >= 4 is 17.7 Å². The number of nitrogens with zero attached hydrogens (tertiary/aromatic N) is 4. The molecule has 0 atom stereocenters. The molecule has 136 valence electrons. The van der Waals surface area contributed by atoms with Crippen molar-refractivity contribution in [3.63, 3.8) is 0 Å². The lowest BCUT2D eigenvalue weighted by Crippen LogP contribution is -2.23. The second kappa shape index (κ2) is 8.09. The molecule has 0 N–H and O–H groups in total. The van der Waals surface area contributed by atoms with Gasteiger partial charge in [0.1, 0.15) is 5.75 Å². The Kier molecular flexibility index (Phi) is 5.62. The minimum absolute atomic E-state index is 0.00999. The Morgan fingerprint density at radius 1 is 1.23 bits per heavy atom. The van der Waals surface area contributed by atoms with Crippen LogP contribution in [-0.4, -0.2) is 52.0 Å². The average Bonchev–Trinajstić information content (AvgIpc) is 3.30. The van der Waals surface area contributed by atoms with Crippen molar-refractivity contribution in [2.24, 2.45) is 0 Å². The highest BCUT2D eigenvalue weighted by Crippen LogP contribution is 2.29. The molecule has 2 aromatic heterocycles. The number of hydrogen-bond acceptors (Lipinski definition) is 6. The Labute approximate surface area is 156 Å². The van der Waals surface area contributed by atoms with Crippen LogP contribution in [0.2, 0.25) is 0 Å². The van der Waals surface area contributed by atoms with Gasteiger partial charge in [0.2, 0.25) is 11.7 Å². The summed E-state index contributed by atoms with van der Waals surface area (Å²) < 4.78 is 12.9. The van der Waals surface area contributed by atoms with E-state index in [1.807, 2.05) is 41.8 Å². The minimum Gasteiger partial charge on any atom is -0.494 e. The number of rotatable bonds is 7. The summed E-state index contributed by atoms with van der Waals surface area (Å²) >= 11 is 1.34. The Bertz CT molecular complexity index is 857. The molecule has 0 saturated carbocycles. The average molecular weight is 372 g/mol. The molecule has 3 rings (SSSR count). The van der Waals surface area contributed by atoms with Crippen LogP contribution in [0.25, 0.3) is 17.3 Å². The van der Waals surface area contributed by atoms with Crippen molar-refractivity contribution in [2.75, 3.05) is 26.5 Å². The van der Waals surface area contributed by atoms with Crippen molar-refractivity contribution in [1.82, 2.24) is 19.7 Å². The zero-order valence-corrected chi connectivity index (χ0v) is 15.7. The lowest BCUT2D eigenvalue weighted by molar-refractivity contribution is -0.125. The zero-order valence-electron chi connectivity index (χ0n) is 14.9. The van der Waals surface area contributed by atoms with Gasteiger partial charge in [0.15, 0.2) is 10.9 Å². The minimum atomic E-state index is 0.00999. The van der Waals surface area contributed by atoms with Gasteiger partial charge in [-0.05, 0) is 43.3 Å². The van der Waals surface area contributed by atoms with E-state index in [1.165, 1.54) is 11.8 Å². The van der Waals surface area contributed by atoms with E-state index < -0.39 is 0 Å². The monoisotopic (exact) mass is 372 g/mol. The first-order chi connectivity index (χ1) is 12.6. The molecule has 0 aliphatic rings. The SMILES string of the molecule is CCOc1ccc(-n2c(SCC(=O)N(C)C)nnc2-c2ccco2)cc1. The predicted octanol–water partition coefficient (Wildman–Crippen LogP) is 3.11. The molecule has 1 aromatic carbocycles. The first-order valence-electron chi connectivity index (χ1n) is 8.15. The fraction of sp³-hybridized carbons (Fsp3) is 0.278. The number of hydrogen-bond donors (Lipinski definition) is 0. The molecule has 0 aliphatic carbocycles. The molecule has 1 amide bonds. The summed E-state index contributed by atoms with van der Waals surface area (Å²) in [5.41, 5.74) is 0.865. The molecular weight excluding hydrogens is 352 g/mol. The van der Waals surface area contributed by atoms with E-state index >= 15 is 0 Å². The third kappa shape index (κ3) is 3.91. The largest absolute Gasteiger partial charge is 0.494 e. The maximum atomic E-state index is 11.9. The number of ether oxygens (including phenoxy) is 1. The Hall–Kier alpha value is -2.74. The fourth-order valence-corrected chi connectivity index (χ4v) is 3.21. The quantitative estimate of drug-likeness (QED) is 0.594.